The van der Waals surface area contributed by atoms with Crippen molar-refractivity contribution in [2.24, 2.45) is 0 Å². The van der Waals surface area contributed by atoms with Crippen LogP contribution in [0.15, 0.2) is 35.1 Å². The molecule has 3 heterocycles. The predicted molar refractivity (Wildman–Crippen MR) is 104 cm³/mol. The van der Waals surface area contributed by atoms with Gasteiger partial charge in [-0.05, 0) is 39.0 Å². The van der Waals surface area contributed by atoms with Gasteiger partial charge in [0.25, 0.3) is 0 Å². The van der Waals surface area contributed by atoms with Gasteiger partial charge in [0.1, 0.15) is 12.1 Å². The molecule has 0 saturated carbocycles. The molecule has 1 saturated heterocycles. The summed E-state index contributed by atoms with van der Waals surface area (Å²) in [5, 5.41) is 0.960. The van der Waals surface area contributed by atoms with Crippen molar-refractivity contribution in [2.45, 2.75) is 33.4 Å². The lowest BCUT2D eigenvalue weighted by atomic mass is 10.2. The molecule has 142 valence electrons. The Morgan fingerprint density at radius 2 is 1.93 bits per heavy atom. The average Bonchev–Trinajstić information content (AvgIpc) is 3.07. The second kappa shape index (κ2) is 7.52. The summed E-state index contributed by atoms with van der Waals surface area (Å²) in [5.41, 5.74) is 2.08. The Morgan fingerprint density at radius 1 is 1.11 bits per heavy atom. The van der Waals surface area contributed by atoms with Gasteiger partial charge in [-0.1, -0.05) is 0 Å². The summed E-state index contributed by atoms with van der Waals surface area (Å²) in [7, 11) is 0. The number of piperazine rings is 1. The summed E-state index contributed by atoms with van der Waals surface area (Å²) in [6, 6.07) is 6.31. The highest BCUT2D eigenvalue weighted by molar-refractivity contribution is 5.86. The predicted octanol–water partition coefficient (Wildman–Crippen LogP) is 3.04. The van der Waals surface area contributed by atoms with Crippen LogP contribution in [0.1, 0.15) is 25.5 Å². The number of oxazole rings is 1. The maximum atomic E-state index is 5.86. The van der Waals surface area contributed by atoms with Crippen LogP contribution in [0.5, 0.6) is 5.88 Å². The molecule has 0 spiro atoms. The van der Waals surface area contributed by atoms with E-state index >= 15 is 0 Å². The van der Waals surface area contributed by atoms with E-state index < -0.39 is 0 Å². The summed E-state index contributed by atoms with van der Waals surface area (Å²) in [5.74, 6) is 2.30. The van der Waals surface area contributed by atoms with Gasteiger partial charge in [0, 0.05) is 31.9 Å². The maximum Gasteiger partial charge on any atom is 0.224 e. The summed E-state index contributed by atoms with van der Waals surface area (Å²) in [4.78, 5) is 17.7. The van der Waals surface area contributed by atoms with Gasteiger partial charge in [-0.2, -0.15) is 0 Å². The van der Waals surface area contributed by atoms with E-state index in [9.17, 15) is 0 Å². The van der Waals surface area contributed by atoms with Gasteiger partial charge < -0.3 is 14.1 Å². The highest BCUT2D eigenvalue weighted by atomic mass is 16.5. The number of hydrogen-bond donors (Lipinski definition) is 0. The fourth-order valence-corrected chi connectivity index (χ4v) is 3.36. The van der Waals surface area contributed by atoms with Crippen molar-refractivity contribution in [3.63, 3.8) is 0 Å². The Kier molecular flexibility index (Phi) is 4.94. The summed E-state index contributed by atoms with van der Waals surface area (Å²) < 4.78 is 11.5. The van der Waals surface area contributed by atoms with Crippen LogP contribution in [0.4, 0.5) is 5.69 Å². The van der Waals surface area contributed by atoms with Crippen LogP contribution in [0.3, 0.4) is 0 Å². The van der Waals surface area contributed by atoms with Crippen molar-refractivity contribution < 1.29 is 9.15 Å². The van der Waals surface area contributed by atoms with Crippen LogP contribution in [-0.2, 0) is 6.54 Å². The first kappa shape index (κ1) is 17.7. The Labute approximate surface area is 159 Å². The summed E-state index contributed by atoms with van der Waals surface area (Å²) in [6.07, 6.45) is 3.41. The largest absolute Gasteiger partial charge is 0.474 e. The molecule has 0 unspecified atom stereocenters. The minimum Gasteiger partial charge on any atom is -0.474 e. The van der Waals surface area contributed by atoms with Crippen LogP contribution < -0.4 is 9.64 Å². The second-order valence-electron chi connectivity index (χ2n) is 7.17. The van der Waals surface area contributed by atoms with Gasteiger partial charge in [0.15, 0.2) is 0 Å². The summed E-state index contributed by atoms with van der Waals surface area (Å²) in [6.45, 7) is 10.6. The molecule has 1 aliphatic heterocycles. The number of anilines is 1. The molecule has 0 radical (unpaired) electrons. The molecule has 0 aliphatic carbocycles. The van der Waals surface area contributed by atoms with E-state index in [4.69, 9.17) is 9.15 Å². The van der Waals surface area contributed by atoms with E-state index in [0.717, 1.165) is 55.3 Å². The highest BCUT2D eigenvalue weighted by Gasteiger charge is 2.19. The second-order valence-corrected chi connectivity index (χ2v) is 7.17. The zero-order chi connectivity index (χ0) is 18.8. The van der Waals surface area contributed by atoms with Crippen molar-refractivity contribution in [3.05, 3.63) is 42.4 Å². The number of aryl methyl sites for hydroxylation is 1. The zero-order valence-corrected chi connectivity index (χ0v) is 16.1. The van der Waals surface area contributed by atoms with E-state index in [0.29, 0.717) is 5.88 Å². The number of rotatable bonds is 5. The molecule has 1 aromatic carbocycles. The third-order valence-corrected chi connectivity index (χ3v) is 4.70. The zero-order valence-electron chi connectivity index (χ0n) is 16.1. The first-order valence-electron chi connectivity index (χ1n) is 9.38. The maximum absolute atomic E-state index is 5.86. The van der Waals surface area contributed by atoms with E-state index in [1.165, 1.54) is 5.69 Å². The van der Waals surface area contributed by atoms with Crippen molar-refractivity contribution in [3.8, 4) is 5.88 Å². The molecule has 7 nitrogen and oxygen atoms in total. The van der Waals surface area contributed by atoms with E-state index in [1.807, 2.05) is 26.8 Å². The quantitative estimate of drug-likeness (QED) is 0.686. The molecule has 1 aliphatic rings. The third-order valence-electron chi connectivity index (χ3n) is 4.70. The summed E-state index contributed by atoms with van der Waals surface area (Å²) >= 11 is 0. The Hall–Kier alpha value is -2.67. The topological polar surface area (TPSA) is 67.5 Å². The lowest BCUT2D eigenvalue weighted by molar-refractivity contribution is 0.225. The highest BCUT2D eigenvalue weighted by Crippen LogP contribution is 2.28. The molecule has 1 fully saturated rings. The van der Waals surface area contributed by atoms with Gasteiger partial charge in [0.05, 0.1) is 29.7 Å². The molecule has 3 aromatic rings. The number of ether oxygens (including phenoxy) is 1. The fraction of sp³-hybridized carbons (Fsp3) is 0.450. The molecule has 2 aromatic heterocycles. The van der Waals surface area contributed by atoms with Gasteiger partial charge >= 0.3 is 0 Å². The number of benzene rings is 1. The van der Waals surface area contributed by atoms with Crippen LogP contribution in [0, 0.1) is 6.92 Å². The fourth-order valence-electron chi connectivity index (χ4n) is 3.36. The monoisotopic (exact) mass is 367 g/mol. The van der Waals surface area contributed by atoms with Crippen LogP contribution in [0.2, 0.25) is 0 Å². The number of fused-ring (bicyclic) bond motifs is 1. The van der Waals surface area contributed by atoms with Crippen molar-refractivity contribution in [1.29, 1.82) is 0 Å². The molecular weight excluding hydrogens is 342 g/mol. The molecule has 7 heteroatoms. The smallest absolute Gasteiger partial charge is 0.224 e. The van der Waals surface area contributed by atoms with Crippen molar-refractivity contribution in [1.82, 2.24) is 19.9 Å². The minimum absolute atomic E-state index is 0.0779. The minimum atomic E-state index is 0.0779. The number of hydrogen-bond acceptors (Lipinski definition) is 7. The molecule has 4 rings (SSSR count). The molecule has 0 atom stereocenters. The Balaban J connectivity index is 1.47. The normalized spacial score (nSPS) is 15.6. The molecule has 0 N–H and O–H groups in total. The first-order valence-corrected chi connectivity index (χ1v) is 9.38. The van der Waals surface area contributed by atoms with E-state index in [-0.39, 0.29) is 6.10 Å². The van der Waals surface area contributed by atoms with Gasteiger partial charge in [-0.15, -0.1) is 0 Å². The molecule has 0 bridgehead atoms. The van der Waals surface area contributed by atoms with Gasteiger partial charge in [-0.25, -0.2) is 15.0 Å². The van der Waals surface area contributed by atoms with Crippen LogP contribution in [0.25, 0.3) is 10.9 Å². The van der Waals surface area contributed by atoms with E-state index in [2.05, 4.69) is 36.9 Å². The lowest BCUT2D eigenvalue weighted by Crippen LogP contribution is -2.46. The Bertz CT molecular complexity index is 916. The SMILES string of the molecule is Cc1cnc(CN2CCN(c3ccc4ncnc(OC(C)C)c4c3)CC2)o1. The molecule has 0 amide bonds. The molecular formula is C20H25N5O2. The number of aromatic nitrogens is 3. The van der Waals surface area contributed by atoms with Crippen molar-refractivity contribution in [2.75, 3.05) is 31.1 Å². The lowest BCUT2D eigenvalue weighted by Gasteiger charge is -2.35. The third kappa shape index (κ3) is 4.03. The van der Waals surface area contributed by atoms with Gasteiger partial charge in [-0.3, -0.25) is 4.90 Å². The van der Waals surface area contributed by atoms with Gasteiger partial charge in [0.2, 0.25) is 11.8 Å². The van der Waals surface area contributed by atoms with Crippen LogP contribution in [-0.4, -0.2) is 52.1 Å². The first-order chi connectivity index (χ1) is 13.1. The van der Waals surface area contributed by atoms with Crippen molar-refractivity contribution >= 4 is 16.6 Å². The standard InChI is InChI=1S/C20H25N5O2/c1-14(2)26-20-17-10-16(4-5-18(17)22-13-23-20)25-8-6-24(7-9-25)12-19-21-11-15(3)27-19/h4-5,10-11,13-14H,6-9,12H2,1-3H3. The molecule has 27 heavy (non-hydrogen) atoms. The number of nitrogens with zero attached hydrogens (tertiary/aromatic N) is 5. The van der Waals surface area contributed by atoms with E-state index in [1.54, 1.807) is 12.5 Å². The Morgan fingerprint density at radius 3 is 2.63 bits per heavy atom. The van der Waals surface area contributed by atoms with Crippen LogP contribution >= 0.6 is 0 Å². The average molecular weight is 367 g/mol.